The highest BCUT2D eigenvalue weighted by molar-refractivity contribution is 14.0. The van der Waals surface area contributed by atoms with Crippen LogP contribution in [0.25, 0.3) is 0 Å². The average Bonchev–Trinajstić information content (AvgIpc) is 3.32. The Morgan fingerprint density at radius 1 is 1.16 bits per heavy atom. The van der Waals surface area contributed by atoms with E-state index in [2.05, 4.69) is 25.8 Å². The molecule has 12 heteroatoms. The lowest BCUT2D eigenvalue weighted by atomic mass is 10.1. The Balaban J connectivity index is 0.00000341. The molecule has 2 N–H and O–H groups in total. The average molecular weight is 568 g/mol. The molecular weight excluding hydrogens is 547 g/mol. The van der Waals surface area contributed by atoms with Gasteiger partial charge in [-0.3, -0.25) is 0 Å². The van der Waals surface area contributed by atoms with E-state index in [4.69, 9.17) is 0 Å². The maximum Gasteiger partial charge on any atom is 0.416 e. The van der Waals surface area contributed by atoms with Crippen molar-refractivity contribution in [1.29, 1.82) is 0 Å². The number of alkyl halides is 3. The monoisotopic (exact) mass is 568 g/mol. The van der Waals surface area contributed by atoms with Gasteiger partial charge in [0.1, 0.15) is 11.6 Å². The van der Waals surface area contributed by atoms with Gasteiger partial charge in [0.15, 0.2) is 11.8 Å². The number of aryl methyl sites for hydroxylation is 1. The van der Waals surface area contributed by atoms with Gasteiger partial charge in [-0.2, -0.15) is 13.2 Å². The van der Waals surface area contributed by atoms with Crippen LogP contribution in [-0.4, -0.2) is 20.7 Å². The Hall–Kier alpha value is -2.22. The van der Waals surface area contributed by atoms with Crippen LogP contribution in [0, 0.1) is 12.7 Å². The zero-order valence-corrected chi connectivity index (χ0v) is 19.8. The van der Waals surface area contributed by atoms with Gasteiger partial charge >= 0.3 is 6.18 Å². The van der Waals surface area contributed by atoms with Gasteiger partial charge in [-0.1, -0.05) is 12.1 Å². The second-order valence-electron chi connectivity index (χ2n) is 6.47. The lowest BCUT2D eigenvalue weighted by Gasteiger charge is -2.14. The summed E-state index contributed by atoms with van der Waals surface area (Å²) in [4.78, 5) is 5.31. The summed E-state index contributed by atoms with van der Waals surface area (Å²) >= 11 is 1.54. The van der Waals surface area contributed by atoms with Crippen LogP contribution in [0.2, 0.25) is 0 Å². The molecule has 0 unspecified atom stereocenters. The Bertz CT molecular complexity index is 1020. The van der Waals surface area contributed by atoms with Crippen molar-refractivity contribution in [3.05, 3.63) is 69.2 Å². The second-order valence-corrected chi connectivity index (χ2v) is 7.51. The lowest BCUT2D eigenvalue weighted by Crippen LogP contribution is -2.37. The SMILES string of the molecule is Cc1nnc(CNC(=NCc2ccc(F)cc2C(F)(F)F)NCc2cccs2)n1C.I. The van der Waals surface area contributed by atoms with E-state index in [1.165, 1.54) is 0 Å². The molecule has 0 saturated heterocycles. The molecule has 3 aromatic rings. The van der Waals surface area contributed by atoms with E-state index in [0.29, 0.717) is 24.4 Å². The highest BCUT2D eigenvalue weighted by atomic mass is 127. The van der Waals surface area contributed by atoms with Crippen molar-refractivity contribution in [2.24, 2.45) is 12.0 Å². The third-order valence-corrected chi connectivity index (χ3v) is 5.27. The van der Waals surface area contributed by atoms with Crippen molar-refractivity contribution in [2.45, 2.75) is 32.7 Å². The molecule has 0 fully saturated rings. The number of hydrogen-bond acceptors (Lipinski definition) is 4. The van der Waals surface area contributed by atoms with Gasteiger partial charge in [-0.25, -0.2) is 9.38 Å². The van der Waals surface area contributed by atoms with Crippen molar-refractivity contribution < 1.29 is 17.6 Å². The quantitative estimate of drug-likeness (QED) is 0.200. The molecule has 168 valence electrons. The maximum atomic E-state index is 13.3. The Kier molecular flexibility index (Phi) is 8.79. The van der Waals surface area contributed by atoms with Crippen molar-refractivity contribution >= 4 is 41.3 Å². The third-order valence-electron chi connectivity index (χ3n) is 4.39. The number of nitrogens with zero attached hydrogens (tertiary/aromatic N) is 4. The largest absolute Gasteiger partial charge is 0.416 e. The smallest absolute Gasteiger partial charge is 0.351 e. The van der Waals surface area contributed by atoms with Crippen molar-refractivity contribution in [2.75, 3.05) is 0 Å². The molecule has 0 aliphatic carbocycles. The van der Waals surface area contributed by atoms with Crippen LogP contribution in [0.15, 0.2) is 40.7 Å². The molecular formula is C19H21F4IN6S. The minimum absolute atomic E-state index is 0. The van der Waals surface area contributed by atoms with Gasteiger partial charge in [0.05, 0.1) is 25.2 Å². The first kappa shape index (κ1) is 25.0. The predicted octanol–water partition coefficient (Wildman–Crippen LogP) is 4.40. The van der Waals surface area contributed by atoms with Crippen LogP contribution >= 0.6 is 35.3 Å². The molecule has 0 aliphatic heterocycles. The number of guanidine groups is 1. The fourth-order valence-electron chi connectivity index (χ4n) is 2.64. The first-order valence-electron chi connectivity index (χ1n) is 8.99. The van der Waals surface area contributed by atoms with Crippen LogP contribution in [0.5, 0.6) is 0 Å². The van der Waals surface area contributed by atoms with E-state index in [-0.39, 0.29) is 42.6 Å². The van der Waals surface area contributed by atoms with E-state index < -0.39 is 17.6 Å². The zero-order chi connectivity index (χ0) is 21.7. The minimum Gasteiger partial charge on any atom is -0.351 e. The summed E-state index contributed by atoms with van der Waals surface area (Å²) in [5.41, 5.74) is -1.15. The number of hydrogen-bond donors (Lipinski definition) is 2. The molecule has 0 spiro atoms. The third kappa shape index (κ3) is 6.89. The Labute approximate surface area is 197 Å². The van der Waals surface area contributed by atoms with E-state index in [0.717, 1.165) is 22.8 Å². The molecule has 2 aromatic heterocycles. The number of halogens is 5. The van der Waals surface area contributed by atoms with Gasteiger partial charge in [0.2, 0.25) is 0 Å². The molecule has 0 amide bonds. The van der Waals surface area contributed by atoms with E-state index >= 15 is 0 Å². The fourth-order valence-corrected chi connectivity index (χ4v) is 3.29. The van der Waals surface area contributed by atoms with Crippen molar-refractivity contribution in [1.82, 2.24) is 25.4 Å². The summed E-state index contributed by atoms with van der Waals surface area (Å²) in [6.07, 6.45) is -4.67. The fraction of sp³-hybridized carbons (Fsp3) is 0.316. The number of aromatic nitrogens is 3. The number of nitrogens with one attached hydrogen (secondary N) is 2. The number of rotatable bonds is 6. The van der Waals surface area contributed by atoms with Crippen LogP contribution in [0.1, 0.15) is 27.7 Å². The lowest BCUT2D eigenvalue weighted by molar-refractivity contribution is -0.138. The molecule has 0 atom stereocenters. The normalized spacial score (nSPS) is 11.9. The Morgan fingerprint density at radius 2 is 1.90 bits per heavy atom. The summed E-state index contributed by atoms with van der Waals surface area (Å²) in [5, 5.41) is 16.1. The number of thiophene rings is 1. The molecule has 2 heterocycles. The topological polar surface area (TPSA) is 67.1 Å². The maximum absolute atomic E-state index is 13.3. The minimum atomic E-state index is -4.67. The number of benzene rings is 1. The van der Waals surface area contributed by atoms with Gasteiger partial charge in [-0.15, -0.1) is 45.5 Å². The highest BCUT2D eigenvalue weighted by Crippen LogP contribution is 2.32. The Morgan fingerprint density at radius 3 is 2.52 bits per heavy atom. The van der Waals surface area contributed by atoms with Gasteiger partial charge in [0.25, 0.3) is 0 Å². The first-order chi connectivity index (χ1) is 14.2. The van der Waals surface area contributed by atoms with Crippen molar-refractivity contribution in [3.8, 4) is 0 Å². The molecule has 6 nitrogen and oxygen atoms in total. The molecule has 0 bridgehead atoms. The summed E-state index contributed by atoms with van der Waals surface area (Å²) in [7, 11) is 1.82. The van der Waals surface area contributed by atoms with Crippen molar-refractivity contribution in [3.63, 3.8) is 0 Å². The standard InChI is InChI=1S/C19H20F4N6S.HI/c1-12-27-28-17(29(12)2)11-26-18(25-10-15-4-3-7-30-15)24-9-13-5-6-14(20)8-16(13)19(21,22)23;/h3-8H,9-11H2,1-2H3,(H2,24,25,26);1H. The first-order valence-corrected chi connectivity index (χ1v) is 9.87. The van der Waals surface area contributed by atoms with Gasteiger partial charge in [-0.05, 0) is 36.1 Å². The van der Waals surface area contributed by atoms with Crippen LogP contribution in [-0.2, 0) is 32.9 Å². The summed E-state index contributed by atoms with van der Waals surface area (Å²) in [6, 6.07) is 6.42. The molecule has 31 heavy (non-hydrogen) atoms. The summed E-state index contributed by atoms with van der Waals surface area (Å²) in [5.74, 6) is 0.747. The molecule has 0 aliphatic rings. The second kappa shape index (κ2) is 10.9. The van der Waals surface area contributed by atoms with E-state index in [9.17, 15) is 17.6 Å². The van der Waals surface area contributed by atoms with Crippen LogP contribution < -0.4 is 10.6 Å². The van der Waals surface area contributed by atoms with E-state index in [1.807, 2.05) is 31.5 Å². The molecule has 1 aromatic carbocycles. The van der Waals surface area contributed by atoms with Gasteiger partial charge < -0.3 is 15.2 Å². The van der Waals surface area contributed by atoms with Gasteiger partial charge in [0, 0.05) is 11.9 Å². The van der Waals surface area contributed by atoms with E-state index in [1.54, 1.807) is 15.9 Å². The predicted molar refractivity (Wildman–Crippen MR) is 122 cm³/mol. The summed E-state index contributed by atoms with van der Waals surface area (Å²) < 4.78 is 54.8. The van der Waals surface area contributed by atoms with Crippen LogP contribution in [0.4, 0.5) is 17.6 Å². The molecule has 3 rings (SSSR count). The molecule has 0 radical (unpaired) electrons. The molecule has 0 saturated carbocycles. The van der Waals surface area contributed by atoms with Crippen LogP contribution in [0.3, 0.4) is 0 Å². The number of aliphatic imine (C=N–C) groups is 1. The zero-order valence-electron chi connectivity index (χ0n) is 16.7. The summed E-state index contributed by atoms with van der Waals surface area (Å²) in [6.45, 7) is 2.28. The highest BCUT2D eigenvalue weighted by Gasteiger charge is 2.33.